The summed E-state index contributed by atoms with van der Waals surface area (Å²) < 4.78 is 0. The van der Waals surface area contributed by atoms with Gasteiger partial charge in [-0.3, -0.25) is 0 Å². The molecule has 26 heavy (non-hydrogen) atoms. The van der Waals surface area contributed by atoms with Crippen LogP contribution in [0.15, 0.2) is 0 Å². The molecule has 0 amide bonds. The predicted octanol–water partition coefficient (Wildman–Crippen LogP) is 2.97. The van der Waals surface area contributed by atoms with Crippen molar-refractivity contribution in [3.05, 3.63) is 126 Å². The van der Waals surface area contributed by atoms with E-state index in [-0.39, 0.29) is 34.1 Å². The quantitative estimate of drug-likeness (QED) is 0.514. The molecule has 4 saturated carbocycles. The van der Waals surface area contributed by atoms with Crippen LogP contribution >= 0.6 is 0 Å². The van der Waals surface area contributed by atoms with Crippen LogP contribution in [0.2, 0.25) is 0 Å². The number of hydrogen-bond acceptors (Lipinski definition) is 2. The summed E-state index contributed by atoms with van der Waals surface area (Å²) in [6.07, 6.45) is 32.4. The molecule has 0 atom stereocenters. The molecule has 0 bridgehead atoms. The first kappa shape index (κ1) is 26.4. The molecule has 0 N–H and O–H groups in total. The third kappa shape index (κ3) is 9.05. The average molecular weight is 426 g/mol. The van der Waals surface area contributed by atoms with Gasteiger partial charge in [-0.2, -0.15) is 0 Å². The molecule has 0 aromatic carbocycles. The molecular weight excluding hydrogens is 408 g/mol. The Bertz CT molecular complexity index is 305. The van der Waals surface area contributed by atoms with Crippen molar-refractivity contribution in [2.45, 2.75) is 0 Å². The second-order valence-electron chi connectivity index (χ2n) is 4.95. The Kier molecular flexibility index (Phi) is 16.6. The fraction of sp³-hybridized carbons (Fsp3) is 0. The van der Waals surface area contributed by atoms with Gasteiger partial charge in [-0.15, -0.1) is 0 Å². The van der Waals surface area contributed by atoms with E-state index in [9.17, 15) is 9.59 Å². The summed E-state index contributed by atoms with van der Waals surface area (Å²) in [5.74, 6) is 2.90. The summed E-state index contributed by atoms with van der Waals surface area (Å²) in [5, 5.41) is 0. The van der Waals surface area contributed by atoms with Gasteiger partial charge in [-0.25, -0.2) is 0 Å². The Balaban J connectivity index is 0.000000432. The fourth-order valence-electron chi connectivity index (χ4n) is 2.21. The minimum absolute atomic E-state index is 0. The molecule has 4 rings (SSSR count). The number of carbonyl (C=O) groups is 2. The maximum Gasteiger partial charge on any atom is 2.00 e. The largest absolute Gasteiger partial charge is 2.00 e. The van der Waals surface area contributed by atoms with Crippen LogP contribution in [0.25, 0.3) is 0 Å². The van der Waals surface area contributed by atoms with E-state index in [1.165, 1.54) is 0 Å². The molecule has 4 aliphatic carbocycles. The molecule has 130 valence electrons. The Morgan fingerprint density at radius 2 is 0.692 bits per heavy atom. The monoisotopic (exact) mass is 426 g/mol. The van der Waals surface area contributed by atoms with Crippen molar-refractivity contribution < 1.29 is 43.7 Å². The summed E-state index contributed by atoms with van der Waals surface area (Å²) in [7, 11) is 0. The van der Waals surface area contributed by atoms with E-state index in [1.54, 1.807) is 25.7 Å². The van der Waals surface area contributed by atoms with E-state index < -0.39 is 0 Å². The molecule has 0 aromatic heterocycles. The van der Waals surface area contributed by atoms with Crippen molar-refractivity contribution in [1.29, 1.82) is 0 Å². The molecule has 4 heteroatoms. The van der Waals surface area contributed by atoms with Crippen molar-refractivity contribution in [2.75, 3.05) is 0 Å². The minimum Gasteiger partial charge on any atom is -0.303 e. The van der Waals surface area contributed by atoms with E-state index in [1.807, 2.05) is 77.0 Å². The van der Waals surface area contributed by atoms with Crippen molar-refractivity contribution in [3.8, 4) is 0 Å². The second kappa shape index (κ2) is 16.3. The topological polar surface area (TPSA) is 34.1 Å². The summed E-state index contributed by atoms with van der Waals surface area (Å²) in [5.41, 5.74) is 0. The van der Waals surface area contributed by atoms with Crippen LogP contribution in [-0.4, -0.2) is 12.6 Å². The molecule has 0 aromatic rings. The van der Waals surface area contributed by atoms with Gasteiger partial charge in [0.05, 0.1) is 0 Å². The molecule has 0 spiro atoms. The second-order valence-corrected chi connectivity index (χ2v) is 4.95. The third-order valence-corrected chi connectivity index (χ3v) is 3.35. The standard InChI is InChI=1S/C12H8O2.2C5H5.2Fe/c13-7-9-3-1-5-11(9)12-6-2-4-10(12)8-14;2*1-2-4-5-3-1;;/h1-8H;2*1-5H;;/q;;;2*+2. The fourth-order valence-corrected chi connectivity index (χ4v) is 2.21. The van der Waals surface area contributed by atoms with Crippen molar-refractivity contribution in [2.24, 2.45) is 0 Å². The van der Waals surface area contributed by atoms with Crippen LogP contribution in [0.4, 0.5) is 0 Å². The minimum atomic E-state index is 0. The first-order valence-electron chi connectivity index (χ1n) is 7.62. The zero-order chi connectivity index (χ0) is 17.0. The van der Waals surface area contributed by atoms with Crippen LogP contribution in [0, 0.1) is 126 Å². The Morgan fingerprint density at radius 3 is 0.923 bits per heavy atom. The summed E-state index contributed by atoms with van der Waals surface area (Å²) in [4.78, 5) is 21.4. The summed E-state index contributed by atoms with van der Waals surface area (Å²) in [6, 6.07) is 0. The Morgan fingerprint density at radius 1 is 0.423 bits per heavy atom. The Hall–Kier alpha value is 0.379. The van der Waals surface area contributed by atoms with Gasteiger partial charge in [-0.1, -0.05) is 0 Å². The third-order valence-electron chi connectivity index (χ3n) is 3.35. The smallest absolute Gasteiger partial charge is 0.303 e. The van der Waals surface area contributed by atoms with E-state index in [0.717, 1.165) is 24.4 Å². The molecule has 4 aliphatic rings. The number of aldehydes is 2. The molecule has 0 aliphatic heterocycles. The molecule has 2 nitrogen and oxygen atoms in total. The van der Waals surface area contributed by atoms with Gasteiger partial charge in [0, 0.05) is 23.7 Å². The zero-order valence-corrected chi connectivity index (χ0v) is 16.1. The average Bonchev–Trinajstić information content (AvgIpc) is 3.45. The van der Waals surface area contributed by atoms with Gasteiger partial charge in [-0.05, 0) is 103 Å². The van der Waals surface area contributed by atoms with Gasteiger partial charge in [0.2, 0.25) is 0 Å². The van der Waals surface area contributed by atoms with Gasteiger partial charge in [0.15, 0.2) is 0 Å². The van der Waals surface area contributed by atoms with Crippen molar-refractivity contribution in [3.63, 3.8) is 0 Å². The maximum absolute atomic E-state index is 10.7. The van der Waals surface area contributed by atoms with E-state index in [0.29, 0.717) is 11.8 Å². The van der Waals surface area contributed by atoms with Crippen LogP contribution in [-0.2, 0) is 43.7 Å². The predicted molar refractivity (Wildman–Crippen MR) is 93.9 cm³/mol. The van der Waals surface area contributed by atoms with Gasteiger partial charge >= 0.3 is 34.1 Å². The van der Waals surface area contributed by atoms with E-state index in [4.69, 9.17) is 0 Å². The van der Waals surface area contributed by atoms with Gasteiger partial charge in [0.1, 0.15) is 12.6 Å². The first-order chi connectivity index (χ1) is 11.9. The van der Waals surface area contributed by atoms with Gasteiger partial charge in [0.25, 0.3) is 0 Å². The molecular formula is C22H18Fe2O2+4. The van der Waals surface area contributed by atoms with Crippen LogP contribution < -0.4 is 0 Å². The van der Waals surface area contributed by atoms with Gasteiger partial charge < -0.3 is 9.59 Å². The van der Waals surface area contributed by atoms with Crippen LogP contribution in [0.3, 0.4) is 0 Å². The zero-order valence-electron chi connectivity index (χ0n) is 13.9. The van der Waals surface area contributed by atoms with E-state index in [2.05, 4.69) is 0 Å². The Labute approximate surface area is 182 Å². The molecule has 0 heterocycles. The molecule has 4 fully saturated rings. The normalized spacial score (nSPS) is 23.8. The SMILES string of the molecule is O=C[C]1[CH][CH][CH][C]1[C]1[CH][CH][CH][C]1C=O.[CH]1[CH][CH][CH][CH]1.[CH]1[CH][CH][CH][CH]1.[Fe+2].[Fe+2]. The first-order valence-corrected chi connectivity index (χ1v) is 7.62. The summed E-state index contributed by atoms with van der Waals surface area (Å²) in [6.45, 7) is 0. The molecule has 0 saturated heterocycles. The summed E-state index contributed by atoms with van der Waals surface area (Å²) >= 11 is 0. The number of carbonyl (C=O) groups excluding carboxylic acids is 2. The van der Waals surface area contributed by atoms with Crippen LogP contribution in [0.5, 0.6) is 0 Å². The van der Waals surface area contributed by atoms with E-state index >= 15 is 0 Å². The molecule has 20 radical (unpaired) electrons. The van der Waals surface area contributed by atoms with Crippen molar-refractivity contribution in [1.82, 2.24) is 0 Å². The maximum atomic E-state index is 10.7. The molecule has 0 unspecified atom stereocenters. The van der Waals surface area contributed by atoms with Crippen molar-refractivity contribution >= 4 is 12.6 Å². The van der Waals surface area contributed by atoms with Crippen LogP contribution in [0.1, 0.15) is 0 Å². The number of hydrogen-bond donors (Lipinski definition) is 0. The number of rotatable bonds is 3.